The molecule has 7 heteroatoms. The second-order valence-electron chi connectivity index (χ2n) is 5.47. The molecule has 1 N–H and O–H groups in total. The fourth-order valence-electron chi connectivity index (χ4n) is 2.29. The van der Waals surface area contributed by atoms with E-state index in [9.17, 15) is 9.59 Å². The molecule has 0 aliphatic carbocycles. The highest BCUT2D eigenvalue weighted by atomic mass is 16.5. The Hall–Kier alpha value is -2.70. The molecule has 0 saturated heterocycles. The first-order valence-electron chi connectivity index (χ1n) is 8.43. The van der Waals surface area contributed by atoms with Crippen molar-refractivity contribution in [2.45, 2.75) is 32.7 Å². The third-order valence-corrected chi connectivity index (χ3v) is 3.83. The minimum atomic E-state index is -0.624. The first-order valence-corrected chi connectivity index (χ1v) is 8.43. The predicted molar refractivity (Wildman–Crippen MR) is 98.6 cm³/mol. The summed E-state index contributed by atoms with van der Waals surface area (Å²) in [6.45, 7) is 3.65. The highest BCUT2D eigenvalue weighted by Gasteiger charge is 2.12. The van der Waals surface area contributed by atoms with Gasteiger partial charge < -0.3 is 24.3 Å². The van der Waals surface area contributed by atoms with Crippen LogP contribution in [0.4, 0.5) is 0 Å². The van der Waals surface area contributed by atoms with E-state index in [1.54, 1.807) is 12.1 Å². The molecule has 0 bridgehead atoms. The maximum absolute atomic E-state index is 11.8. The largest absolute Gasteiger partial charge is 0.496 e. The zero-order valence-corrected chi connectivity index (χ0v) is 16.0. The van der Waals surface area contributed by atoms with Crippen molar-refractivity contribution in [3.05, 3.63) is 23.8 Å². The lowest BCUT2D eigenvalue weighted by Gasteiger charge is -2.14. The second-order valence-corrected chi connectivity index (χ2v) is 5.47. The molecule has 0 aliphatic heterocycles. The average molecular weight is 365 g/mol. The molecule has 0 atom stereocenters. The van der Waals surface area contributed by atoms with E-state index in [-0.39, 0.29) is 18.6 Å². The van der Waals surface area contributed by atoms with Crippen molar-refractivity contribution in [1.29, 1.82) is 0 Å². The zero-order valence-electron chi connectivity index (χ0n) is 16.0. The van der Waals surface area contributed by atoms with Crippen LogP contribution in [0.5, 0.6) is 17.2 Å². The molecule has 1 rings (SSSR count). The van der Waals surface area contributed by atoms with Crippen molar-refractivity contribution < 1.29 is 28.5 Å². The number of methoxy groups -OCH3 is 3. The highest BCUT2D eigenvalue weighted by Crippen LogP contribution is 2.35. The molecule has 0 saturated carbocycles. The summed E-state index contributed by atoms with van der Waals surface area (Å²) >= 11 is 0. The Kier molecular flexibility index (Phi) is 9.05. The molecular formula is C19H27NO6. The molecule has 0 aromatic heterocycles. The molecular weight excluding hydrogens is 338 g/mol. The topological polar surface area (TPSA) is 83.1 Å². The lowest BCUT2D eigenvalue weighted by Crippen LogP contribution is -2.36. The summed E-state index contributed by atoms with van der Waals surface area (Å²) in [5.41, 5.74) is 0.614. The summed E-state index contributed by atoms with van der Waals surface area (Å²) in [5, 5.41) is 2.80. The first-order chi connectivity index (χ1) is 12.5. The number of hydrogen-bond donors (Lipinski definition) is 1. The number of hydrogen-bond acceptors (Lipinski definition) is 6. The van der Waals surface area contributed by atoms with E-state index in [0.717, 1.165) is 12.8 Å². The molecule has 0 aliphatic rings. The summed E-state index contributed by atoms with van der Waals surface area (Å²) < 4.78 is 20.7. The van der Waals surface area contributed by atoms with Gasteiger partial charge in [0.1, 0.15) is 5.75 Å². The standard InChI is InChI=1S/C19H27NO6/c1-6-14(7-2)20-18(21)12-26-19(22)9-8-13-10-16(24-4)17(25-5)11-15(13)23-3/h8-11,14H,6-7,12H2,1-5H3,(H,20,21)/b9-8+. The van der Waals surface area contributed by atoms with Crippen LogP contribution in [-0.2, 0) is 14.3 Å². The number of rotatable bonds is 10. The lowest BCUT2D eigenvalue weighted by atomic mass is 10.1. The second kappa shape index (κ2) is 11.0. The molecule has 1 aromatic rings. The van der Waals surface area contributed by atoms with E-state index in [1.807, 2.05) is 13.8 Å². The smallest absolute Gasteiger partial charge is 0.331 e. The normalized spacial score (nSPS) is 10.7. The third kappa shape index (κ3) is 6.31. The van der Waals surface area contributed by atoms with Crippen molar-refractivity contribution in [3.63, 3.8) is 0 Å². The van der Waals surface area contributed by atoms with Gasteiger partial charge in [-0.05, 0) is 25.0 Å². The summed E-state index contributed by atoms with van der Waals surface area (Å²) in [6, 6.07) is 3.43. The maximum atomic E-state index is 11.8. The number of esters is 1. The van der Waals surface area contributed by atoms with Gasteiger partial charge in [0.05, 0.1) is 21.3 Å². The number of benzene rings is 1. The zero-order chi connectivity index (χ0) is 19.5. The predicted octanol–water partition coefficient (Wildman–Crippen LogP) is 2.57. The van der Waals surface area contributed by atoms with E-state index in [0.29, 0.717) is 22.8 Å². The lowest BCUT2D eigenvalue weighted by molar-refractivity contribution is -0.144. The molecule has 0 radical (unpaired) electrons. The van der Waals surface area contributed by atoms with Crippen LogP contribution in [-0.4, -0.2) is 45.9 Å². The highest BCUT2D eigenvalue weighted by molar-refractivity contribution is 5.90. The summed E-state index contributed by atoms with van der Waals surface area (Å²) in [4.78, 5) is 23.6. The van der Waals surface area contributed by atoms with Gasteiger partial charge >= 0.3 is 5.97 Å². The van der Waals surface area contributed by atoms with Crippen molar-refractivity contribution in [2.75, 3.05) is 27.9 Å². The number of nitrogens with one attached hydrogen (secondary N) is 1. The molecule has 7 nitrogen and oxygen atoms in total. The van der Waals surface area contributed by atoms with Crippen LogP contribution in [0.3, 0.4) is 0 Å². The minimum absolute atomic E-state index is 0.0905. The average Bonchev–Trinajstić information content (AvgIpc) is 2.67. The van der Waals surface area contributed by atoms with Crippen molar-refractivity contribution >= 4 is 18.0 Å². The monoisotopic (exact) mass is 365 g/mol. The van der Waals surface area contributed by atoms with Gasteiger partial charge in [-0.15, -0.1) is 0 Å². The van der Waals surface area contributed by atoms with E-state index in [1.165, 1.54) is 33.5 Å². The maximum Gasteiger partial charge on any atom is 0.331 e. The molecule has 0 spiro atoms. The fraction of sp³-hybridized carbons (Fsp3) is 0.474. The number of amides is 1. The summed E-state index contributed by atoms with van der Waals surface area (Å²) in [6.07, 6.45) is 4.42. The van der Waals surface area contributed by atoms with Crippen molar-refractivity contribution in [3.8, 4) is 17.2 Å². The van der Waals surface area contributed by atoms with Crippen LogP contribution in [0.15, 0.2) is 18.2 Å². The number of ether oxygens (including phenoxy) is 4. The van der Waals surface area contributed by atoms with Gasteiger partial charge in [-0.1, -0.05) is 13.8 Å². The van der Waals surface area contributed by atoms with Crippen LogP contribution in [0, 0.1) is 0 Å². The molecule has 0 unspecified atom stereocenters. The van der Waals surface area contributed by atoms with Gasteiger partial charge in [-0.3, -0.25) is 4.79 Å². The fourth-order valence-corrected chi connectivity index (χ4v) is 2.29. The molecule has 0 heterocycles. The van der Waals surface area contributed by atoms with Crippen LogP contribution in [0.2, 0.25) is 0 Å². The van der Waals surface area contributed by atoms with Gasteiger partial charge in [0.15, 0.2) is 18.1 Å². The van der Waals surface area contributed by atoms with Gasteiger partial charge in [-0.25, -0.2) is 4.79 Å². The Balaban J connectivity index is 2.72. The first kappa shape index (κ1) is 21.3. The Morgan fingerprint density at radius 1 is 1.00 bits per heavy atom. The Morgan fingerprint density at radius 3 is 2.12 bits per heavy atom. The van der Waals surface area contributed by atoms with E-state index < -0.39 is 5.97 Å². The number of carbonyl (C=O) groups is 2. The number of carbonyl (C=O) groups excluding carboxylic acids is 2. The van der Waals surface area contributed by atoms with Crippen LogP contribution >= 0.6 is 0 Å². The van der Waals surface area contributed by atoms with Gasteiger partial charge in [0.25, 0.3) is 5.91 Å². The van der Waals surface area contributed by atoms with Crippen molar-refractivity contribution in [2.24, 2.45) is 0 Å². The molecule has 1 aromatic carbocycles. The molecule has 1 amide bonds. The molecule has 0 fully saturated rings. The molecule has 144 valence electrons. The molecule has 26 heavy (non-hydrogen) atoms. The Labute approximate surface area is 154 Å². The third-order valence-electron chi connectivity index (χ3n) is 3.83. The van der Waals surface area contributed by atoms with Gasteiger partial charge in [0, 0.05) is 23.7 Å². The minimum Gasteiger partial charge on any atom is -0.496 e. The SMILES string of the molecule is CCC(CC)NC(=O)COC(=O)/C=C/c1cc(OC)c(OC)cc1OC. The van der Waals surface area contributed by atoms with E-state index in [4.69, 9.17) is 18.9 Å². The van der Waals surface area contributed by atoms with Crippen molar-refractivity contribution in [1.82, 2.24) is 5.32 Å². The Morgan fingerprint density at radius 2 is 1.58 bits per heavy atom. The quantitative estimate of drug-likeness (QED) is 0.507. The van der Waals surface area contributed by atoms with Crippen LogP contribution in [0.25, 0.3) is 6.08 Å². The Bertz CT molecular complexity index is 637. The van der Waals surface area contributed by atoms with Crippen LogP contribution < -0.4 is 19.5 Å². The summed E-state index contributed by atoms with van der Waals surface area (Å²) in [7, 11) is 4.56. The van der Waals surface area contributed by atoms with Crippen LogP contribution in [0.1, 0.15) is 32.3 Å². The van der Waals surface area contributed by atoms with Gasteiger partial charge in [-0.2, -0.15) is 0 Å². The summed E-state index contributed by atoms with van der Waals surface area (Å²) in [5.74, 6) is 0.594. The van der Waals surface area contributed by atoms with E-state index in [2.05, 4.69) is 5.32 Å². The van der Waals surface area contributed by atoms with E-state index >= 15 is 0 Å². The van der Waals surface area contributed by atoms with Gasteiger partial charge in [0.2, 0.25) is 0 Å².